The van der Waals surface area contributed by atoms with Crippen LogP contribution in [0.5, 0.6) is 0 Å². The van der Waals surface area contributed by atoms with Gasteiger partial charge in [-0.15, -0.1) is 0 Å². The van der Waals surface area contributed by atoms with Gasteiger partial charge in [0.2, 0.25) is 5.91 Å². The fraction of sp³-hybridized carbons (Fsp3) is 0.844. The maximum Gasteiger partial charge on any atom is 0.306 e. The molecular weight excluding hydrogens is 882 g/mol. The van der Waals surface area contributed by atoms with Gasteiger partial charge in [-0.25, -0.2) is 0 Å². The largest absolute Gasteiger partial charge is 0.481 e. The Morgan fingerprint density at radius 1 is 0.635 bits per heavy atom. The SMILES string of the molecule is CC(C)(C)OC(=O)CCC1(CC(=O)O)CCC(=O)CC1.CC(C)(C)OC(=O)CCC1(CC(=O)O)CCC(NCCN)CC1.NCC1(CC(=O)O)CCC(NCCNC(=O)CBr)CC1. The molecule has 0 heterocycles. The minimum Gasteiger partial charge on any atom is -0.481 e. The molecule has 0 spiro atoms. The highest BCUT2D eigenvalue weighted by atomic mass is 79.9. The molecule has 3 fully saturated rings. The molecule has 0 aromatic rings. The first kappa shape index (κ1) is 57.8. The quantitative estimate of drug-likeness (QED) is 0.0416. The normalized spacial score (nSPS) is 23.4. The lowest BCUT2D eigenvalue weighted by Crippen LogP contribution is -2.44. The number of rotatable bonds is 21. The van der Waals surface area contributed by atoms with Crippen LogP contribution in [0.4, 0.5) is 0 Å². The number of ketones is 1. The molecule has 10 N–H and O–H groups in total. The Labute approximate surface area is 383 Å². The van der Waals surface area contributed by atoms with Gasteiger partial charge in [0, 0.05) is 63.9 Å². The van der Waals surface area contributed by atoms with Gasteiger partial charge in [-0.3, -0.25) is 33.6 Å². The number of carbonyl (C=O) groups is 7. The van der Waals surface area contributed by atoms with Gasteiger partial charge in [-0.05, 0) is 141 Å². The van der Waals surface area contributed by atoms with Gasteiger partial charge < -0.3 is 52.2 Å². The molecule has 0 aliphatic heterocycles. The highest BCUT2D eigenvalue weighted by Gasteiger charge is 2.39. The van der Waals surface area contributed by atoms with E-state index in [9.17, 15) is 38.7 Å². The van der Waals surface area contributed by atoms with Crippen LogP contribution in [0.25, 0.3) is 0 Å². The molecule has 63 heavy (non-hydrogen) atoms. The number of carboxylic acids is 3. The van der Waals surface area contributed by atoms with Crippen LogP contribution in [0.3, 0.4) is 0 Å². The Morgan fingerprint density at radius 3 is 1.38 bits per heavy atom. The van der Waals surface area contributed by atoms with Crippen molar-refractivity contribution < 1.29 is 58.4 Å². The predicted octanol–water partition coefficient (Wildman–Crippen LogP) is 5.22. The summed E-state index contributed by atoms with van der Waals surface area (Å²) in [4.78, 5) is 79.2. The number of hydrogen-bond acceptors (Lipinski definition) is 13. The van der Waals surface area contributed by atoms with E-state index in [1.165, 1.54) is 0 Å². The molecule has 3 aliphatic rings. The lowest BCUT2D eigenvalue weighted by Gasteiger charge is -2.39. The molecule has 0 radical (unpaired) electrons. The summed E-state index contributed by atoms with van der Waals surface area (Å²) in [6.45, 7) is 14.1. The molecule has 0 bridgehead atoms. The number of alkyl halides is 1. The first-order valence-corrected chi connectivity index (χ1v) is 23.7. The second-order valence-corrected chi connectivity index (χ2v) is 20.4. The molecule has 17 nitrogen and oxygen atoms in total. The van der Waals surface area contributed by atoms with Crippen molar-refractivity contribution in [3.8, 4) is 0 Å². The standard InChI is InChI=1S/C17H32N2O4.C15H24O5.C13H24BrN3O3/c1-16(2,3)23-15(22)6-9-17(12-14(20)21)7-4-13(5-8-17)19-11-10-18;1-14(2,3)20-13(19)6-9-15(10-12(17)18)7-4-11(16)5-8-15;14-8-11(18)17-6-5-16-10-1-3-13(9-15,4-2-10)7-12(19)20/h13,19H,4-12,18H2,1-3H3,(H,20,21);4-10H2,1-3H3,(H,17,18);10,16H,1-9,15H2,(H,17,18)(H,19,20). The van der Waals surface area contributed by atoms with E-state index in [2.05, 4.69) is 31.9 Å². The molecule has 0 aromatic carbocycles. The van der Waals surface area contributed by atoms with Crippen molar-refractivity contribution in [2.45, 2.75) is 187 Å². The molecule has 1 amide bonds. The van der Waals surface area contributed by atoms with Gasteiger partial charge in [0.25, 0.3) is 0 Å². The average Bonchev–Trinajstić information content (AvgIpc) is 3.18. The summed E-state index contributed by atoms with van der Waals surface area (Å²) in [5.41, 5.74) is 9.29. The van der Waals surface area contributed by atoms with Gasteiger partial charge in [0.15, 0.2) is 0 Å². The Balaban J connectivity index is 0.000000474. The maximum absolute atomic E-state index is 11.9. The second-order valence-electron chi connectivity index (χ2n) is 19.9. The van der Waals surface area contributed by atoms with Crippen LogP contribution in [0, 0.1) is 16.2 Å². The van der Waals surface area contributed by atoms with E-state index in [1.54, 1.807) is 20.8 Å². The van der Waals surface area contributed by atoms with E-state index in [0.29, 0.717) is 75.6 Å². The topological polar surface area (TPSA) is 287 Å². The number of carboxylic acid groups (broad SMARTS) is 3. The fourth-order valence-electron chi connectivity index (χ4n) is 8.71. The van der Waals surface area contributed by atoms with Crippen LogP contribution in [-0.2, 0) is 43.0 Å². The molecule has 0 saturated heterocycles. The lowest BCUT2D eigenvalue weighted by molar-refractivity contribution is -0.157. The third kappa shape index (κ3) is 25.8. The molecule has 3 rings (SSSR count). The van der Waals surface area contributed by atoms with Crippen molar-refractivity contribution >= 4 is 57.5 Å². The first-order chi connectivity index (χ1) is 29.3. The highest BCUT2D eigenvalue weighted by molar-refractivity contribution is 9.09. The monoisotopic (exact) mass is 961 g/mol. The number of hydrogen-bond donors (Lipinski definition) is 8. The van der Waals surface area contributed by atoms with Crippen molar-refractivity contribution in [3.63, 3.8) is 0 Å². The number of nitrogens with one attached hydrogen (secondary N) is 3. The van der Waals surface area contributed by atoms with E-state index in [0.717, 1.165) is 64.5 Å². The number of Topliss-reactive ketones (excluding diaryl/α,β-unsaturated/α-hetero) is 1. The lowest BCUT2D eigenvalue weighted by atomic mass is 9.68. The summed E-state index contributed by atoms with van der Waals surface area (Å²) >= 11 is 3.09. The number of esters is 2. The Bertz CT molecular complexity index is 1450. The third-order valence-electron chi connectivity index (χ3n) is 12.1. The number of amides is 1. The summed E-state index contributed by atoms with van der Waals surface area (Å²) in [5.74, 6) is -2.81. The first-order valence-electron chi connectivity index (χ1n) is 22.6. The summed E-state index contributed by atoms with van der Waals surface area (Å²) in [5, 5.41) is 37.1. The zero-order valence-corrected chi connectivity index (χ0v) is 40.5. The molecular formula is C45H80BrN5O12. The summed E-state index contributed by atoms with van der Waals surface area (Å²) < 4.78 is 10.6. The zero-order chi connectivity index (χ0) is 47.9. The fourth-order valence-corrected chi connectivity index (χ4v) is 8.90. The van der Waals surface area contributed by atoms with Crippen molar-refractivity contribution in [2.75, 3.05) is 38.1 Å². The van der Waals surface area contributed by atoms with Crippen LogP contribution in [0.15, 0.2) is 0 Å². The molecule has 364 valence electrons. The minimum absolute atomic E-state index is 0.0148. The number of halogens is 1. The minimum atomic E-state index is -0.872. The number of carbonyl (C=O) groups excluding carboxylic acids is 4. The van der Waals surface area contributed by atoms with Crippen LogP contribution in [-0.4, -0.2) is 118 Å². The molecule has 3 aliphatic carbocycles. The van der Waals surface area contributed by atoms with E-state index < -0.39 is 34.5 Å². The number of nitrogens with two attached hydrogens (primary N) is 2. The van der Waals surface area contributed by atoms with Gasteiger partial charge >= 0.3 is 29.8 Å². The maximum atomic E-state index is 11.9. The predicted molar refractivity (Wildman–Crippen MR) is 243 cm³/mol. The van der Waals surface area contributed by atoms with Crippen molar-refractivity contribution in [1.29, 1.82) is 0 Å². The summed E-state index contributed by atoms with van der Waals surface area (Å²) in [7, 11) is 0. The van der Waals surface area contributed by atoms with Crippen LogP contribution < -0.4 is 27.4 Å². The Hall–Kier alpha value is -3.19. The van der Waals surface area contributed by atoms with Crippen molar-refractivity contribution in [2.24, 2.45) is 27.7 Å². The Kier molecular flexibility index (Phi) is 25.7. The smallest absolute Gasteiger partial charge is 0.306 e. The van der Waals surface area contributed by atoms with E-state index in [1.807, 2.05) is 20.8 Å². The number of aliphatic carboxylic acids is 3. The third-order valence-corrected chi connectivity index (χ3v) is 12.6. The van der Waals surface area contributed by atoms with E-state index in [4.69, 9.17) is 31.2 Å². The molecule has 0 atom stereocenters. The molecule has 0 aromatic heterocycles. The van der Waals surface area contributed by atoms with Gasteiger partial charge in [0.05, 0.1) is 24.6 Å². The van der Waals surface area contributed by atoms with Crippen LogP contribution in [0.1, 0.15) is 164 Å². The average molecular weight is 963 g/mol. The molecule has 3 saturated carbocycles. The van der Waals surface area contributed by atoms with E-state index >= 15 is 0 Å². The molecule has 0 unspecified atom stereocenters. The molecule has 18 heteroatoms. The van der Waals surface area contributed by atoms with Gasteiger partial charge in [-0.2, -0.15) is 0 Å². The van der Waals surface area contributed by atoms with E-state index in [-0.39, 0.29) is 66.6 Å². The van der Waals surface area contributed by atoms with Crippen molar-refractivity contribution in [1.82, 2.24) is 16.0 Å². The van der Waals surface area contributed by atoms with Crippen molar-refractivity contribution in [3.05, 3.63) is 0 Å². The Morgan fingerprint density at radius 2 is 1.02 bits per heavy atom. The highest BCUT2D eigenvalue weighted by Crippen LogP contribution is 2.44. The van der Waals surface area contributed by atoms with Crippen LogP contribution >= 0.6 is 15.9 Å². The van der Waals surface area contributed by atoms with Gasteiger partial charge in [0.1, 0.15) is 17.0 Å². The zero-order valence-electron chi connectivity index (χ0n) is 38.9. The second kappa shape index (κ2) is 28.0. The summed E-state index contributed by atoms with van der Waals surface area (Å²) in [6, 6.07) is 0.798. The van der Waals surface area contributed by atoms with Crippen LogP contribution in [0.2, 0.25) is 0 Å². The van der Waals surface area contributed by atoms with Gasteiger partial charge in [-0.1, -0.05) is 15.9 Å². The summed E-state index contributed by atoms with van der Waals surface area (Å²) in [6.07, 6.45) is 10.9. The number of ether oxygens (including phenoxy) is 2.